The van der Waals surface area contributed by atoms with Crippen molar-refractivity contribution in [1.29, 1.82) is 0 Å². The molecule has 0 fully saturated rings. The molecule has 27 heavy (non-hydrogen) atoms. The minimum absolute atomic E-state index is 0.168. The van der Waals surface area contributed by atoms with Gasteiger partial charge in [-0.15, -0.1) is 0 Å². The van der Waals surface area contributed by atoms with Gasteiger partial charge < -0.3 is 5.73 Å². The maximum absolute atomic E-state index is 13.2. The van der Waals surface area contributed by atoms with Gasteiger partial charge in [-0.3, -0.25) is 9.59 Å². The van der Waals surface area contributed by atoms with Crippen molar-refractivity contribution >= 4 is 40.6 Å². The summed E-state index contributed by atoms with van der Waals surface area (Å²) in [6.07, 6.45) is 0. The van der Waals surface area contributed by atoms with Crippen LogP contribution < -0.4 is 5.73 Å². The number of aryl methyl sites for hydroxylation is 2. The predicted octanol–water partition coefficient (Wildman–Crippen LogP) is 5.47. The van der Waals surface area contributed by atoms with Crippen molar-refractivity contribution in [2.45, 2.75) is 23.6 Å². The number of carbonyl (C=O) groups excluding carboxylic acids is 2. The Kier molecular flexibility index (Phi) is 4.33. The SMILES string of the molecule is Cc1cc(Sc2cccc3c2C(=O)c2cccc(N)c2C3=O)c(C)cc1Cl. The van der Waals surface area contributed by atoms with Gasteiger partial charge in [-0.1, -0.05) is 47.6 Å². The molecule has 5 heteroatoms. The van der Waals surface area contributed by atoms with Gasteiger partial charge in [0.1, 0.15) is 0 Å². The van der Waals surface area contributed by atoms with Crippen LogP contribution in [0.2, 0.25) is 5.02 Å². The highest BCUT2D eigenvalue weighted by atomic mass is 35.5. The van der Waals surface area contributed by atoms with Crippen LogP contribution in [0, 0.1) is 13.8 Å². The monoisotopic (exact) mass is 393 g/mol. The van der Waals surface area contributed by atoms with E-state index >= 15 is 0 Å². The third kappa shape index (κ3) is 2.85. The molecule has 0 saturated heterocycles. The number of hydrogen-bond donors (Lipinski definition) is 1. The van der Waals surface area contributed by atoms with Gasteiger partial charge in [-0.2, -0.15) is 0 Å². The number of nitrogen functional groups attached to an aromatic ring is 1. The highest BCUT2D eigenvalue weighted by Crippen LogP contribution is 2.40. The van der Waals surface area contributed by atoms with E-state index in [0.717, 1.165) is 20.9 Å². The van der Waals surface area contributed by atoms with E-state index in [1.807, 2.05) is 32.0 Å². The summed E-state index contributed by atoms with van der Waals surface area (Å²) in [5.74, 6) is -0.373. The molecular formula is C22H16ClNO2S. The lowest BCUT2D eigenvalue weighted by atomic mass is 9.83. The van der Waals surface area contributed by atoms with E-state index in [9.17, 15) is 9.59 Å². The van der Waals surface area contributed by atoms with Crippen LogP contribution >= 0.6 is 23.4 Å². The zero-order valence-electron chi connectivity index (χ0n) is 14.8. The fraction of sp³-hybridized carbons (Fsp3) is 0.0909. The first-order valence-electron chi connectivity index (χ1n) is 8.44. The summed E-state index contributed by atoms with van der Waals surface area (Å²) in [6, 6.07) is 14.3. The van der Waals surface area contributed by atoms with Crippen LogP contribution in [0.5, 0.6) is 0 Å². The summed E-state index contributed by atoms with van der Waals surface area (Å²) in [5.41, 5.74) is 9.80. The van der Waals surface area contributed by atoms with Crippen molar-refractivity contribution in [3.63, 3.8) is 0 Å². The van der Waals surface area contributed by atoms with E-state index in [2.05, 4.69) is 0 Å². The van der Waals surface area contributed by atoms with Crippen LogP contribution in [-0.4, -0.2) is 11.6 Å². The molecule has 0 aromatic heterocycles. The largest absolute Gasteiger partial charge is 0.398 e. The summed E-state index contributed by atoms with van der Waals surface area (Å²) >= 11 is 7.67. The van der Waals surface area contributed by atoms with Crippen molar-refractivity contribution in [2.24, 2.45) is 0 Å². The smallest absolute Gasteiger partial charge is 0.196 e. The van der Waals surface area contributed by atoms with Gasteiger partial charge in [0, 0.05) is 37.2 Å². The Morgan fingerprint density at radius 1 is 0.815 bits per heavy atom. The maximum atomic E-state index is 13.2. The Morgan fingerprint density at radius 2 is 1.44 bits per heavy atom. The van der Waals surface area contributed by atoms with Crippen LogP contribution in [-0.2, 0) is 0 Å². The Bertz CT molecular complexity index is 1140. The second kappa shape index (κ2) is 6.55. The van der Waals surface area contributed by atoms with Crippen LogP contribution in [0.3, 0.4) is 0 Å². The number of fused-ring (bicyclic) bond motifs is 2. The summed E-state index contributed by atoms with van der Waals surface area (Å²) in [4.78, 5) is 27.9. The lowest BCUT2D eigenvalue weighted by Gasteiger charge is -2.21. The fourth-order valence-electron chi connectivity index (χ4n) is 3.30. The highest BCUT2D eigenvalue weighted by Gasteiger charge is 2.33. The molecule has 4 rings (SSSR count). The topological polar surface area (TPSA) is 60.2 Å². The Labute approximate surface area is 166 Å². The molecule has 0 atom stereocenters. The zero-order chi connectivity index (χ0) is 19.3. The minimum atomic E-state index is -0.204. The molecule has 0 saturated carbocycles. The molecule has 0 aliphatic heterocycles. The molecule has 1 aliphatic rings. The highest BCUT2D eigenvalue weighted by molar-refractivity contribution is 7.99. The molecule has 0 unspecified atom stereocenters. The molecular weight excluding hydrogens is 378 g/mol. The van der Waals surface area contributed by atoms with Crippen molar-refractivity contribution in [3.05, 3.63) is 86.9 Å². The summed E-state index contributed by atoms with van der Waals surface area (Å²) < 4.78 is 0. The predicted molar refractivity (Wildman–Crippen MR) is 109 cm³/mol. The second-order valence-corrected chi connectivity index (χ2v) is 8.07. The van der Waals surface area contributed by atoms with Crippen molar-refractivity contribution in [2.75, 3.05) is 5.73 Å². The number of rotatable bonds is 2. The normalized spacial score (nSPS) is 12.7. The van der Waals surface area contributed by atoms with Crippen molar-refractivity contribution < 1.29 is 9.59 Å². The van der Waals surface area contributed by atoms with Crippen molar-refractivity contribution in [3.8, 4) is 0 Å². The second-order valence-electron chi connectivity index (χ2n) is 6.58. The number of carbonyl (C=O) groups is 2. The van der Waals surface area contributed by atoms with E-state index in [1.54, 1.807) is 30.3 Å². The first-order chi connectivity index (χ1) is 12.9. The lowest BCUT2D eigenvalue weighted by Crippen LogP contribution is -2.23. The first-order valence-corrected chi connectivity index (χ1v) is 9.63. The quantitative estimate of drug-likeness (QED) is 0.459. The summed E-state index contributed by atoms with van der Waals surface area (Å²) in [5, 5.41) is 0.711. The van der Waals surface area contributed by atoms with Gasteiger partial charge in [0.25, 0.3) is 0 Å². The lowest BCUT2D eigenvalue weighted by molar-refractivity contribution is 0.0977. The summed E-state index contributed by atoms with van der Waals surface area (Å²) in [7, 11) is 0. The molecule has 0 heterocycles. The number of ketones is 2. The van der Waals surface area contributed by atoms with Gasteiger partial charge in [-0.25, -0.2) is 0 Å². The molecule has 134 valence electrons. The third-order valence-corrected chi connectivity index (χ3v) is 6.37. The molecule has 3 aromatic carbocycles. The first kappa shape index (κ1) is 17.8. The summed E-state index contributed by atoms with van der Waals surface area (Å²) in [6.45, 7) is 3.92. The van der Waals surface area contributed by atoms with Crippen molar-refractivity contribution in [1.82, 2.24) is 0 Å². The Balaban J connectivity index is 1.87. The maximum Gasteiger partial charge on any atom is 0.196 e. The van der Waals surface area contributed by atoms with Gasteiger partial charge in [0.2, 0.25) is 0 Å². The van der Waals surface area contributed by atoms with E-state index in [1.165, 1.54) is 11.8 Å². The molecule has 1 aliphatic carbocycles. The van der Waals surface area contributed by atoms with E-state index in [-0.39, 0.29) is 11.6 Å². The molecule has 3 nitrogen and oxygen atoms in total. The van der Waals surface area contributed by atoms with E-state index in [0.29, 0.717) is 33.0 Å². The molecule has 0 spiro atoms. The molecule has 0 amide bonds. The number of hydrogen-bond acceptors (Lipinski definition) is 4. The zero-order valence-corrected chi connectivity index (χ0v) is 16.4. The fourth-order valence-corrected chi connectivity index (χ4v) is 4.67. The van der Waals surface area contributed by atoms with Gasteiger partial charge >= 0.3 is 0 Å². The molecule has 3 aromatic rings. The van der Waals surface area contributed by atoms with Crippen LogP contribution in [0.15, 0.2) is 58.3 Å². The van der Waals surface area contributed by atoms with Gasteiger partial charge in [0.15, 0.2) is 11.6 Å². The number of halogens is 1. The molecule has 0 radical (unpaired) electrons. The average molecular weight is 394 g/mol. The van der Waals surface area contributed by atoms with Gasteiger partial charge in [-0.05, 0) is 49.2 Å². The number of anilines is 1. The van der Waals surface area contributed by atoms with Crippen LogP contribution in [0.1, 0.15) is 43.0 Å². The Morgan fingerprint density at radius 3 is 2.19 bits per heavy atom. The molecule has 0 bridgehead atoms. The van der Waals surface area contributed by atoms with Crippen LogP contribution in [0.4, 0.5) is 5.69 Å². The van der Waals surface area contributed by atoms with E-state index < -0.39 is 0 Å². The minimum Gasteiger partial charge on any atom is -0.398 e. The molecule has 2 N–H and O–H groups in total. The van der Waals surface area contributed by atoms with E-state index in [4.69, 9.17) is 17.3 Å². The standard InChI is InChI=1S/C22H16ClNO2S/c1-11-10-18(12(2)9-15(11)23)27-17-8-4-6-14-20(17)22(26)13-5-3-7-16(24)19(13)21(14)25/h3-10H,24H2,1-2H3. The average Bonchev–Trinajstić information content (AvgIpc) is 2.64. The number of nitrogens with two attached hydrogens (primary N) is 1. The van der Waals surface area contributed by atoms with Gasteiger partial charge in [0.05, 0.1) is 5.56 Å². The van der Waals surface area contributed by atoms with Crippen LogP contribution in [0.25, 0.3) is 0 Å². The Hall–Kier alpha value is -2.56. The third-order valence-electron chi connectivity index (χ3n) is 4.74. The number of benzene rings is 3.